The molecule has 0 fully saturated rings. The largest absolute Gasteiger partial charge is 0.416 e. The summed E-state index contributed by atoms with van der Waals surface area (Å²) in [5.41, 5.74) is 2.57. The number of hydrogen-bond acceptors (Lipinski definition) is 2. The fourth-order valence-corrected chi connectivity index (χ4v) is 2.44. The maximum Gasteiger partial charge on any atom is 0.416 e. The molecule has 2 heterocycles. The van der Waals surface area contributed by atoms with Crippen LogP contribution >= 0.6 is 0 Å². The smallest absolute Gasteiger partial charge is 0.277 e. The first kappa shape index (κ1) is 13.6. The van der Waals surface area contributed by atoms with Crippen molar-refractivity contribution in [2.24, 2.45) is 0 Å². The number of rotatable bonds is 1. The monoisotopic (exact) mass is 291 g/mol. The highest BCUT2D eigenvalue weighted by Gasteiger charge is 2.30. The van der Waals surface area contributed by atoms with Crippen LogP contribution in [-0.4, -0.2) is 15.2 Å². The van der Waals surface area contributed by atoms with Gasteiger partial charge in [0.15, 0.2) is 0 Å². The van der Waals surface area contributed by atoms with E-state index in [1.165, 1.54) is 6.07 Å². The fraction of sp³-hybridized carbons (Fsp3) is 0.200. The summed E-state index contributed by atoms with van der Waals surface area (Å²) < 4.78 is 38.4. The number of aryl methyl sites for hydroxylation is 2. The van der Waals surface area contributed by atoms with Crippen molar-refractivity contribution < 1.29 is 13.2 Å². The van der Waals surface area contributed by atoms with E-state index in [4.69, 9.17) is 0 Å². The molecule has 1 aromatic carbocycles. The molecule has 3 aromatic rings. The van der Waals surface area contributed by atoms with Gasteiger partial charge in [-0.25, -0.2) is 0 Å². The quantitative estimate of drug-likeness (QED) is 0.727. The van der Waals surface area contributed by atoms with Gasteiger partial charge in [0.2, 0.25) is 0 Å². The van der Waals surface area contributed by atoms with Crippen LogP contribution in [0.5, 0.6) is 0 Å². The summed E-state index contributed by atoms with van der Waals surface area (Å²) in [5.74, 6) is 0. The minimum atomic E-state index is -4.37. The van der Waals surface area contributed by atoms with Crippen molar-refractivity contribution in [1.82, 2.24) is 15.2 Å². The molecule has 2 aromatic heterocycles. The van der Waals surface area contributed by atoms with Gasteiger partial charge in [0.25, 0.3) is 0 Å². The molecule has 108 valence electrons. The Kier molecular flexibility index (Phi) is 2.97. The number of H-pyrrole nitrogens is 1. The van der Waals surface area contributed by atoms with Crippen LogP contribution in [0.3, 0.4) is 0 Å². The second-order valence-corrected chi connectivity index (χ2v) is 4.92. The first-order valence-corrected chi connectivity index (χ1v) is 6.36. The molecule has 0 unspecified atom stereocenters. The van der Waals surface area contributed by atoms with Crippen LogP contribution < -0.4 is 0 Å². The number of fused-ring (bicyclic) bond motifs is 1. The Morgan fingerprint density at radius 3 is 2.57 bits per heavy atom. The van der Waals surface area contributed by atoms with Crippen molar-refractivity contribution in [3.63, 3.8) is 0 Å². The van der Waals surface area contributed by atoms with Crippen LogP contribution in [0.2, 0.25) is 0 Å². The molecule has 3 nitrogen and oxygen atoms in total. The van der Waals surface area contributed by atoms with Crippen LogP contribution in [0.25, 0.3) is 22.2 Å². The molecule has 0 amide bonds. The van der Waals surface area contributed by atoms with E-state index in [2.05, 4.69) is 15.2 Å². The highest BCUT2D eigenvalue weighted by atomic mass is 19.4. The highest BCUT2D eigenvalue weighted by molar-refractivity contribution is 5.94. The van der Waals surface area contributed by atoms with Crippen LogP contribution in [0, 0.1) is 13.8 Å². The summed E-state index contributed by atoms with van der Waals surface area (Å²) in [5, 5.41) is 7.76. The van der Waals surface area contributed by atoms with Crippen molar-refractivity contribution in [2.45, 2.75) is 20.0 Å². The van der Waals surface area contributed by atoms with Crippen molar-refractivity contribution in [1.29, 1.82) is 0 Å². The molecule has 0 saturated carbocycles. The normalized spacial score (nSPS) is 12.0. The third-order valence-electron chi connectivity index (χ3n) is 3.32. The number of nitrogens with one attached hydrogen (secondary N) is 1. The molecule has 3 rings (SSSR count). The standard InChI is InChI=1S/C15H12F3N3/c1-8-6-12-13(9(2)19-8)14(21-20-12)10-4-3-5-11(7-10)15(16,17)18/h3-7H,1-2H3,(H,20,21). The predicted octanol–water partition coefficient (Wildman–Crippen LogP) is 4.26. The zero-order chi connectivity index (χ0) is 15.2. The zero-order valence-electron chi connectivity index (χ0n) is 11.4. The third-order valence-corrected chi connectivity index (χ3v) is 3.32. The Morgan fingerprint density at radius 2 is 1.86 bits per heavy atom. The molecular weight excluding hydrogens is 279 g/mol. The highest BCUT2D eigenvalue weighted by Crippen LogP contribution is 2.34. The van der Waals surface area contributed by atoms with Gasteiger partial charge < -0.3 is 0 Å². The summed E-state index contributed by atoms with van der Waals surface area (Å²) >= 11 is 0. The van der Waals surface area contributed by atoms with E-state index < -0.39 is 11.7 Å². The average molecular weight is 291 g/mol. The van der Waals surface area contributed by atoms with Gasteiger partial charge in [-0.2, -0.15) is 18.3 Å². The van der Waals surface area contributed by atoms with Gasteiger partial charge in [-0.1, -0.05) is 12.1 Å². The first-order chi connectivity index (χ1) is 9.86. The maximum absolute atomic E-state index is 12.8. The van der Waals surface area contributed by atoms with E-state index in [0.29, 0.717) is 11.3 Å². The Balaban J connectivity index is 2.22. The van der Waals surface area contributed by atoms with E-state index in [1.54, 1.807) is 6.07 Å². The molecule has 0 atom stereocenters. The summed E-state index contributed by atoms with van der Waals surface area (Å²) in [6.07, 6.45) is -4.37. The average Bonchev–Trinajstić information content (AvgIpc) is 2.82. The molecule has 1 N–H and O–H groups in total. The predicted molar refractivity (Wildman–Crippen MR) is 73.8 cm³/mol. The second kappa shape index (κ2) is 4.58. The Morgan fingerprint density at radius 1 is 1.10 bits per heavy atom. The summed E-state index contributed by atoms with van der Waals surface area (Å²) in [6.45, 7) is 3.68. The molecule has 0 spiro atoms. The van der Waals surface area contributed by atoms with E-state index >= 15 is 0 Å². The summed E-state index contributed by atoms with van der Waals surface area (Å²) in [7, 11) is 0. The molecule has 0 radical (unpaired) electrons. The molecule has 0 aliphatic carbocycles. The Labute approximate surface area is 118 Å². The zero-order valence-corrected chi connectivity index (χ0v) is 11.4. The number of alkyl halides is 3. The van der Waals surface area contributed by atoms with Crippen molar-refractivity contribution in [3.8, 4) is 11.3 Å². The van der Waals surface area contributed by atoms with Crippen molar-refractivity contribution >= 4 is 10.9 Å². The van der Waals surface area contributed by atoms with Gasteiger partial charge in [0.05, 0.1) is 11.1 Å². The number of halogens is 3. The van der Waals surface area contributed by atoms with Gasteiger partial charge in [-0.3, -0.25) is 10.1 Å². The lowest BCUT2D eigenvalue weighted by Gasteiger charge is -2.08. The lowest BCUT2D eigenvalue weighted by atomic mass is 10.0. The minimum absolute atomic E-state index is 0.421. The SMILES string of the molecule is Cc1cc2[nH]nc(-c3cccc(C(F)(F)F)c3)c2c(C)n1. The van der Waals surface area contributed by atoms with Gasteiger partial charge >= 0.3 is 6.18 Å². The topological polar surface area (TPSA) is 41.6 Å². The van der Waals surface area contributed by atoms with Gasteiger partial charge in [-0.15, -0.1) is 0 Å². The summed E-state index contributed by atoms with van der Waals surface area (Å²) in [6, 6.07) is 6.98. The van der Waals surface area contributed by atoms with E-state index in [-0.39, 0.29) is 0 Å². The van der Waals surface area contributed by atoms with Gasteiger partial charge in [0, 0.05) is 22.3 Å². The molecule has 0 bridgehead atoms. The van der Waals surface area contributed by atoms with Crippen LogP contribution in [0.1, 0.15) is 17.0 Å². The van der Waals surface area contributed by atoms with Crippen molar-refractivity contribution in [2.75, 3.05) is 0 Å². The molecular formula is C15H12F3N3. The number of aromatic amines is 1. The van der Waals surface area contributed by atoms with E-state index in [0.717, 1.165) is 34.4 Å². The second-order valence-electron chi connectivity index (χ2n) is 4.92. The number of aromatic nitrogens is 3. The lowest BCUT2D eigenvalue weighted by Crippen LogP contribution is -2.04. The summed E-state index contributed by atoms with van der Waals surface area (Å²) in [4.78, 5) is 4.35. The minimum Gasteiger partial charge on any atom is -0.277 e. The lowest BCUT2D eigenvalue weighted by molar-refractivity contribution is -0.137. The Bertz CT molecular complexity index is 819. The molecule has 6 heteroatoms. The maximum atomic E-state index is 12.8. The number of nitrogens with zero attached hydrogens (tertiary/aromatic N) is 2. The van der Waals surface area contributed by atoms with Crippen LogP contribution in [0.4, 0.5) is 13.2 Å². The van der Waals surface area contributed by atoms with Gasteiger partial charge in [0.1, 0.15) is 5.69 Å². The van der Waals surface area contributed by atoms with E-state index in [9.17, 15) is 13.2 Å². The number of hydrogen-bond donors (Lipinski definition) is 1. The van der Waals surface area contributed by atoms with Crippen molar-refractivity contribution in [3.05, 3.63) is 47.3 Å². The first-order valence-electron chi connectivity index (χ1n) is 6.36. The molecule has 0 aliphatic rings. The molecule has 0 saturated heterocycles. The van der Waals surface area contributed by atoms with E-state index in [1.807, 2.05) is 19.9 Å². The number of pyridine rings is 1. The Hall–Kier alpha value is -2.37. The van der Waals surface area contributed by atoms with Crippen LogP contribution in [0.15, 0.2) is 30.3 Å². The molecule has 21 heavy (non-hydrogen) atoms. The fourth-order valence-electron chi connectivity index (χ4n) is 2.44. The van der Waals surface area contributed by atoms with Crippen LogP contribution in [-0.2, 0) is 6.18 Å². The molecule has 0 aliphatic heterocycles. The number of benzene rings is 1. The third kappa shape index (κ3) is 2.37. The van der Waals surface area contributed by atoms with Gasteiger partial charge in [-0.05, 0) is 32.0 Å².